The highest BCUT2D eigenvalue weighted by molar-refractivity contribution is 7.80. The number of fused-ring (bicyclic) bond motifs is 2. The van der Waals surface area contributed by atoms with Crippen molar-refractivity contribution in [3.63, 3.8) is 0 Å². The minimum atomic E-state index is 0.331. The molecule has 0 radical (unpaired) electrons. The molecule has 18 heteroatoms. The second-order valence-electron chi connectivity index (χ2n) is 19.3. The van der Waals surface area contributed by atoms with Gasteiger partial charge in [-0.15, -0.1) is 68.0 Å². The summed E-state index contributed by atoms with van der Waals surface area (Å²) in [6.45, 7) is 8.67. The summed E-state index contributed by atoms with van der Waals surface area (Å²) < 4.78 is 60.9. The van der Waals surface area contributed by atoms with Crippen molar-refractivity contribution < 1.29 is 47.4 Å². The Balaban J connectivity index is 0.884. The third kappa shape index (κ3) is 17.9. The highest BCUT2D eigenvalue weighted by Crippen LogP contribution is 2.47. The maximum absolute atomic E-state index is 6.74. The van der Waals surface area contributed by atoms with E-state index in [9.17, 15) is 0 Å². The number of ether oxygens (including phenoxy) is 10. The lowest BCUT2D eigenvalue weighted by Crippen LogP contribution is -2.13. The van der Waals surface area contributed by atoms with Gasteiger partial charge in [0.25, 0.3) is 0 Å². The van der Waals surface area contributed by atoms with Crippen LogP contribution >= 0.6 is 93.3 Å². The van der Waals surface area contributed by atoms with Gasteiger partial charge in [0.2, 0.25) is 0 Å². The van der Waals surface area contributed by atoms with E-state index >= 15 is 0 Å². The first-order valence-electron chi connectivity index (χ1n) is 28.3. The third-order valence-electron chi connectivity index (χ3n) is 13.5. The van der Waals surface area contributed by atoms with Crippen LogP contribution in [0.15, 0.2) is 143 Å². The van der Waals surface area contributed by atoms with Crippen LogP contribution < -0.4 is 9.47 Å². The molecule has 0 aliphatic carbocycles. The van der Waals surface area contributed by atoms with Crippen LogP contribution in [0.25, 0.3) is 71.7 Å². The van der Waals surface area contributed by atoms with Gasteiger partial charge < -0.3 is 47.4 Å². The van der Waals surface area contributed by atoms with E-state index in [0.717, 1.165) is 68.1 Å². The first kappa shape index (κ1) is 62.6. The van der Waals surface area contributed by atoms with E-state index in [0.29, 0.717) is 130 Å². The lowest BCUT2D eigenvalue weighted by Gasteiger charge is -2.20. The zero-order valence-electron chi connectivity index (χ0n) is 46.8. The van der Waals surface area contributed by atoms with Crippen LogP contribution in [0.4, 0.5) is 0 Å². The SMILES string of the molecule is SCCOCCOCCOCCOc1ccc2cc(COCCc3cc(-c4cccs4)sc3-c3cccs3)ccc2c1-c1c(OCCOCCOCCOCCS)ccc2cc(COCCc3cc(-c4cccs4)sc3-c3cccs3)ccc12. The van der Waals surface area contributed by atoms with Gasteiger partial charge in [0.15, 0.2) is 0 Å². The third-order valence-corrected chi connectivity index (χ3v) is 20.4. The monoisotopic (exact) mass is 1280 g/mol. The Kier molecular flexibility index (Phi) is 25.5. The molecule has 0 aliphatic heterocycles. The van der Waals surface area contributed by atoms with Crippen molar-refractivity contribution in [2.24, 2.45) is 0 Å². The van der Waals surface area contributed by atoms with Gasteiger partial charge in [-0.1, -0.05) is 60.7 Å². The molecule has 0 amide bonds. The summed E-state index contributed by atoms with van der Waals surface area (Å²) in [4.78, 5) is 10.4. The molecule has 0 aliphatic rings. The normalized spacial score (nSPS) is 11.7. The molecule has 0 atom stereocenters. The van der Waals surface area contributed by atoms with Gasteiger partial charge in [-0.3, -0.25) is 0 Å². The molecule has 4 aromatic carbocycles. The Morgan fingerprint density at radius 2 is 0.690 bits per heavy atom. The van der Waals surface area contributed by atoms with Gasteiger partial charge in [-0.2, -0.15) is 25.3 Å². The predicted octanol–water partition coefficient (Wildman–Crippen LogP) is 16.9. The molecule has 0 bridgehead atoms. The van der Waals surface area contributed by atoms with Gasteiger partial charge in [0, 0.05) is 61.6 Å². The Bertz CT molecular complexity index is 3250. The summed E-state index contributed by atoms with van der Waals surface area (Å²) in [6.07, 6.45) is 1.64. The molecule has 0 saturated carbocycles. The maximum Gasteiger partial charge on any atom is 0.128 e. The molecule has 10 aromatic rings. The summed E-state index contributed by atoms with van der Waals surface area (Å²) in [6, 6.07) is 43.6. The minimum Gasteiger partial charge on any atom is -0.491 e. The first-order chi connectivity index (χ1) is 41.6. The molecule has 6 aromatic heterocycles. The zero-order chi connectivity index (χ0) is 57.4. The molecule has 0 saturated heterocycles. The standard InChI is InChI=1S/C66H70O10S8/c77-35-33-71-27-25-67-21-23-69-29-31-75-55-15-11-49-41-47(45-73-19-17-51-43-61(57-5-1-37-79-57)83-65(51)59-7-3-39-81-59)9-13-53(49)63(55)64-54-14-10-48(42-50(54)12-16-56(64)76-32-30-70-24-22-68-26-28-72-34-36-78)46-74-20-18-52-44-62(58-6-2-38-80-58)84-66(52)60-8-4-40-82-60/h1-16,37-44,77-78H,17-36,45-46H2. The molecule has 0 unspecified atom stereocenters. The number of rotatable bonds is 39. The summed E-state index contributed by atoms with van der Waals surface area (Å²) in [5.74, 6) is 2.81. The van der Waals surface area contributed by atoms with Crippen molar-refractivity contribution in [2.45, 2.75) is 26.1 Å². The van der Waals surface area contributed by atoms with Crippen LogP contribution in [0.1, 0.15) is 22.3 Å². The average molecular weight is 1280 g/mol. The Morgan fingerprint density at radius 3 is 1.06 bits per heavy atom. The van der Waals surface area contributed by atoms with Crippen molar-refractivity contribution in [1.29, 1.82) is 0 Å². The number of hydrogen-bond acceptors (Lipinski definition) is 18. The number of hydrogen-bond donors (Lipinski definition) is 2. The van der Waals surface area contributed by atoms with E-state index in [-0.39, 0.29) is 0 Å². The van der Waals surface area contributed by atoms with Crippen molar-refractivity contribution in [3.05, 3.63) is 165 Å². The smallest absolute Gasteiger partial charge is 0.128 e. The second-order valence-corrected chi connectivity index (χ2v) is 26.0. The Hall–Kier alpha value is -4.42. The quantitative estimate of drug-likeness (QED) is 0.0287. The number of thiophene rings is 6. The molecule has 442 valence electrons. The van der Waals surface area contributed by atoms with Crippen molar-refractivity contribution in [1.82, 2.24) is 0 Å². The minimum absolute atomic E-state index is 0.331. The van der Waals surface area contributed by atoms with Crippen LogP contribution in [0.3, 0.4) is 0 Å². The predicted molar refractivity (Wildman–Crippen MR) is 359 cm³/mol. The average Bonchev–Trinajstić information content (AvgIpc) is 2.13. The van der Waals surface area contributed by atoms with Crippen molar-refractivity contribution >= 4 is 115 Å². The fourth-order valence-corrected chi connectivity index (χ4v) is 15.7. The van der Waals surface area contributed by atoms with Gasteiger partial charge in [-0.05, 0) is 139 Å². The zero-order valence-corrected chi connectivity index (χ0v) is 53.5. The van der Waals surface area contributed by atoms with Crippen molar-refractivity contribution in [2.75, 3.05) is 117 Å². The summed E-state index contributed by atoms with van der Waals surface area (Å²) >= 11 is 19.3. The molecular weight excluding hydrogens is 1210 g/mol. The fourth-order valence-electron chi connectivity index (χ4n) is 9.57. The Morgan fingerprint density at radius 1 is 0.321 bits per heavy atom. The van der Waals surface area contributed by atoms with E-state index < -0.39 is 0 Å². The first-order valence-corrected chi connectivity index (χ1v) is 34.7. The van der Waals surface area contributed by atoms with Gasteiger partial charge in [0.1, 0.15) is 24.7 Å². The van der Waals surface area contributed by atoms with Crippen LogP contribution in [-0.2, 0) is 64.0 Å². The topological polar surface area (TPSA) is 92.3 Å². The molecule has 0 fully saturated rings. The van der Waals surface area contributed by atoms with E-state index in [1.165, 1.54) is 50.1 Å². The van der Waals surface area contributed by atoms with E-state index in [1.54, 1.807) is 45.3 Å². The summed E-state index contributed by atoms with van der Waals surface area (Å²) in [5.41, 5.74) is 6.68. The molecule has 0 N–H and O–H groups in total. The molecule has 84 heavy (non-hydrogen) atoms. The molecule has 0 spiro atoms. The lowest BCUT2D eigenvalue weighted by molar-refractivity contribution is 0.0117. The molecule has 10 rings (SSSR count). The summed E-state index contributed by atoms with van der Waals surface area (Å²) in [7, 11) is 0. The van der Waals surface area contributed by atoms with E-state index in [4.69, 9.17) is 47.4 Å². The number of thiol groups is 2. The van der Waals surface area contributed by atoms with E-state index in [1.807, 2.05) is 22.7 Å². The largest absolute Gasteiger partial charge is 0.491 e. The number of benzene rings is 4. The van der Waals surface area contributed by atoms with Crippen LogP contribution in [-0.4, -0.2) is 117 Å². The second kappa shape index (κ2) is 34.2. The molecule has 6 heterocycles. The fraction of sp³-hybridized carbons (Fsp3) is 0.333. The summed E-state index contributed by atoms with van der Waals surface area (Å²) in [5, 5.41) is 12.8. The van der Waals surface area contributed by atoms with Gasteiger partial charge >= 0.3 is 0 Å². The highest BCUT2D eigenvalue weighted by Gasteiger charge is 2.22. The molecule has 10 nitrogen and oxygen atoms in total. The van der Waals surface area contributed by atoms with Crippen LogP contribution in [0.5, 0.6) is 11.5 Å². The van der Waals surface area contributed by atoms with Crippen LogP contribution in [0.2, 0.25) is 0 Å². The Labute approximate surface area is 528 Å². The van der Waals surface area contributed by atoms with Gasteiger partial charge in [-0.25, -0.2) is 0 Å². The van der Waals surface area contributed by atoms with Crippen molar-refractivity contribution in [3.8, 4) is 61.6 Å². The molecular formula is C66H70O10S8. The van der Waals surface area contributed by atoms with E-state index in [2.05, 4.69) is 168 Å². The lowest BCUT2D eigenvalue weighted by atomic mass is 9.91. The highest BCUT2D eigenvalue weighted by atomic mass is 32.1. The van der Waals surface area contributed by atoms with Crippen LogP contribution in [0, 0.1) is 0 Å². The van der Waals surface area contributed by atoms with Gasteiger partial charge in [0.05, 0.1) is 106 Å². The maximum atomic E-state index is 6.74.